The van der Waals surface area contributed by atoms with Crippen LogP contribution in [0.15, 0.2) is 12.2 Å². The lowest BCUT2D eigenvalue weighted by Crippen LogP contribution is -2.17. The molecule has 0 aromatic carbocycles. The van der Waals surface area contributed by atoms with Crippen LogP contribution in [0, 0.1) is 11.5 Å². The van der Waals surface area contributed by atoms with Crippen molar-refractivity contribution in [1.82, 2.24) is 0 Å². The predicted molar refractivity (Wildman–Crippen MR) is 75.0 cm³/mol. The smallest absolute Gasteiger partial charge is 0.129 e. The minimum Gasteiger partial charge on any atom is -0.380 e. The molecule has 0 fully saturated rings. The van der Waals surface area contributed by atoms with Gasteiger partial charge in [-0.15, -0.1) is 5.54 Å². The van der Waals surface area contributed by atoms with E-state index in [0.717, 1.165) is 6.42 Å². The van der Waals surface area contributed by atoms with Gasteiger partial charge in [0.25, 0.3) is 0 Å². The van der Waals surface area contributed by atoms with Crippen LogP contribution in [0.5, 0.6) is 0 Å². The van der Waals surface area contributed by atoms with Gasteiger partial charge < -0.3 is 5.11 Å². The molecule has 1 nitrogen and oxygen atoms in total. The number of rotatable bonds is 6. The molecule has 92 valence electrons. The summed E-state index contributed by atoms with van der Waals surface area (Å²) in [6, 6.07) is 0. The van der Waals surface area contributed by atoms with Crippen LogP contribution in [0.4, 0.5) is 0 Å². The average Bonchev–Trinajstić information content (AvgIpc) is 2.19. The van der Waals surface area contributed by atoms with Crippen molar-refractivity contribution >= 4 is 8.07 Å². The van der Waals surface area contributed by atoms with E-state index in [1.54, 1.807) is 0 Å². The van der Waals surface area contributed by atoms with Crippen LogP contribution in [-0.2, 0) is 0 Å². The summed E-state index contributed by atoms with van der Waals surface area (Å²) in [5.74, 6) is 2.94. The topological polar surface area (TPSA) is 20.2 Å². The monoisotopic (exact) mass is 238 g/mol. The summed E-state index contributed by atoms with van der Waals surface area (Å²) in [6.07, 6.45) is 9.35. The Bertz CT molecular complexity index is 252. The summed E-state index contributed by atoms with van der Waals surface area (Å²) in [4.78, 5) is 0. The molecule has 1 atom stereocenters. The van der Waals surface area contributed by atoms with Gasteiger partial charge in [0.2, 0.25) is 0 Å². The first-order valence-electron chi connectivity index (χ1n) is 6.31. The average molecular weight is 238 g/mol. The molecular weight excluding hydrogens is 212 g/mol. The lowest BCUT2D eigenvalue weighted by Gasteiger charge is -2.05. The summed E-state index contributed by atoms with van der Waals surface area (Å²) in [6.45, 7) is 8.77. The molecule has 1 N–H and O–H groups in total. The molecule has 0 aliphatic heterocycles. The first kappa shape index (κ1) is 15.5. The Morgan fingerprint density at radius 3 is 2.44 bits per heavy atom. The molecule has 0 heterocycles. The molecule has 0 aliphatic rings. The largest absolute Gasteiger partial charge is 0.380 e. The lowest BCUT2D eigenvalue weighted by molar-refractivity contribution is 0.236. The van der Waals surface area contributed by atoms with Crippen molar-refractivity contribution in [3.63, 3.8) is 0 Å². The molecule has 0 aromatic heterocycles. The number of allylic oxidation sites excluding steroid dienone is 1. The number of unbranched alkanes of at least 4 members (excludes halogenated alkanes) is 3. The highest BCUT2D eigenvalue weighted by Gasteiger charge is 2.08. The van der Waals surface area contributed by atoms with Crippen molar-refractivity contribution < 1.29 is 5.11 Å². The van der Waals surface area contributed by atoms with Crippen LogP contribution in [0.1, 0.15) is 39.0 Å². The standard InChI is InChI=1S/C14H26OSi/c1-5-6-7-8-9-10-11-14(15)12-13-16(2,3)4/h9-10,14-15H,5-8,11H2,1-4H3. The third-order valence-corrected chi connectivity index (χ3v) is 3.01. The Kier molecular flexibility index (Phi) is 8.33. The van der Waals surface area contributed by atoms with Crippen LogP contribution >= 0.6 is 0 Å². The summed E-state index contributed by atoms with van der Waals surface area (Å²) in [5, 5.41) is 9.61. The third-order valence-electron chi connectivity index (χ3n) is 2.11. The van der Waals surface area contributed by atoms with E-state index in [-0.39, 0.29) is 0 Å². The van der Waals surface area contributed by atoms with Gasteiger partial charge in [0.1, 0.15) is 14.2 Å². The SMILES string of the molecule is CCCCCC=CCC(O)C#C[Si](C)(C)C. The zero-order chi connectivity index (χ0) is 12.4. The first-order valence-corrected chi connectivity index (χ1v) is 9.81. The highest BCUT2D eigenvalue weighted by Crippen LogP contribution is 2.02. The molecule has 0 bridgehead atoms. The number of aliphatic hydroxyl groups excluding tert-OH is 1. The second-order valence-corrected chi connectivity index (χ2v) is 9.99. The van der Waals surface area contributed by atoms with E-state index in [1.165, 1.54) is 19.3 Å². The Morgan fingerprint density at radius 1 is 1.19 bits per heavy atom. The van der Waals surface area contributed by atoms with Gasteiger partial charge in [-0.3, -0.25) is 0 Å². The molecule has 16 heavy (non-hydrogen) atoms. The van der Waals surface area contributed by atoms with Gasteiger partial charge in [-0.1, -0.05) is 57.5 Å². The van der Waals surface area contributed by atoms with Gasteiger partial charge in [-0.05, 0) is 12.8 Å². The van der Waals surface area contributed by atoms with E-state index in [2.05, 4.69) is 50.2 Å². The van der Waals surface area contributed by atoms with Crippen molar-refractivity contribution in [2.24, 2.45) is 0 Å². The van der Waals surface area contributed by atoms with Crippen molar-refractivity contribution in [3.05, 3.63) is 12.2 Å². The summed E-state index contributed by atoms with van der Waals surface area (Å²) < 4.78 is 0. The Labute approximate surface area is 102 Å². The normalized spacial score (nSPS) is 13.6. The van der Waals surface area contributed by atoms with Gasteiger partial charge in [0.05, 0.1) is 0 Å². The quantitative estimate of drug-likeness (QED) is 0.323. The molecule has 2 heteroatoms. The molecule has 0 saturated heterocycles. The second kappa shape index (κ2) is 8.61. The fourth-order valence-electron chi connectivity index (χ4n) is 1.21. The predicted octanol–water partition coefficient (Wildman–Crippen LogP) is 3.75. The summed E-state index contributed by atoms with van der Waals surface area (Å²) in [5.41, 5.74) is 3.19. The minimum absolute atomic E-state index is 0.478. The molecule has 0 saturated carbocycles. The Hall–Kier alpha value is -0.523. The minimum atomic E-state index is -1.33. The Balaban J connectivity index is 3.71. The Morgan fingerprint density at radius 2 is 1.88 bits per heavy atom. The molecular formula is C14H26OSi. The molecule has 0 aromatic rings. The second-order valence-electron chi connectivity index (χ2n) is 5.24. The molecule has 0 rings (SSSR count). The fraction of sp³-hybridized carbons (Fsp3) is 0.714. The van der Waals surface area contributed by atoms with Crippen molar-refractivity contribution in [3.8, 4) is 11.5 Å². The van der Waals surface area contributed by atoms with Crippen molar-refractivity contribution in [2.75, 3.05) is 0 Å². The highest BCUT2D eigenvalue weighted by atomic mass is 28.3. The van der Waals surface area contributed by atoms with Gasteiger partial charge in [-0.2, -0.15) is 0 Å². The van der Waals surface area contributed by atoms with Crippen LogP contribution in [0.3, 0.4) is 0 Å². The zero-order valence-electron chi connectivity index (χ0n) is 11.2. The third kappa shape index (κ3) is 11.6. The molecule has 0 aliphatic carbocycles. The summed E-state index contributed by atoms with van der Waals surface area (Å²) >= 11 is 0. The van der Waals surface area contributed by atoms with Gasteiger partial charge in [-0.25, -0.2) is 0 Å². The van der Waals surface area contributed by atoms with Crippen LogP contribution in [-0.4, -0.2) is 19.3 Å². The summed E-state index contributed by atoms with van der Waals surface area (Å²) in [7, 11) is -1.33. The molecule has 0 amide bonds. The highest BCUT2D eigenvalue weighted by molar-refractivity contribution is 6.83. The van der Waals surface area contributed by atoms with E-state index >= 15 is 0 Å². The fourth-order valence-corrected chi connectivity index (χ4v) is 1.81. The molecule has 0 radical (unpaired) electrons. The van der Waals surface area contributed by atoms with E-state index < -0.39 is 14.2 Å². The van der Waals surface area contributed by atoms with Gasteiger partial charge >= 0.3 is 0 Å². The van der Waals surface area contributed by atoms with E-state index in [0.29, 0.717) is 6.42 Å². The number of aliphatic hydroxyl groups is 1. The van der Waals surface area contributed by atoms with Crippen LogP contribution < -0.4 is 0 Å². The molecule has 1 unspecified atom stereocenters. The van der Waals surface area contributed by atoms with Crippen LogP contribution in [0.25, 0.3) is 0 Å². The molecule has 0 spiro atoms. The maximum absolute atomic E-state index is 9.61. The first-order chi connectivity index (χ1) is 7.45. The van der Waals surface area contributed by atoms with Crippen molar-refractivity contribution in [1.29, 1.82) is 0 Å². The maximum atomic E-state index is 9.61. The number of hydrogen-bond donors (Lipinski definition) is 1. The van der Waals surface area contributed by atoms with E-state index in [4.69, 9.17) is 0 Å². The maximum Gasteiger partial charge on any atom is 0.129 e. The van der Waals surface area contributed by atoms with Crippen molar-refractivity contribution in [2.45, 2.75) is 64.8 Å². The lowest BCUT2D eigenvalue weighted by atomic mass is 10.2. The van der Waals surface area contributed by atoms with Gasteiger partial charge in [0, 0.05) is 6.42 Å². The van der Waals surface area contributed by atoms with E-state index in [9.17, 15) is 5.11 Å². The number of hydrogen-bond acceptors (Lipinski definition) is 1. The van der Waals surface area contributed by atoms with E-state index in [1.807, 2.05) is 0 Å². The zero-order valence-corrected chi connectivity index (χ0v) is 12.2. The van der Waals surface area contributed by atoms with Gasteiger partial charge in [0.15, 0.2) is 0 Å². The van der Waals surface area contributed by atoms with Crippen LogP contribution in [0.2, 0.25) is 19.6 Å².